The number of amides is 1. The monoisotopic (exact) mass is 356 g/mol. The maximum atomic E-state index is 12.4. The van der Waals surface area contributed by atoms with E-state index in [1.165, 1.54) is 5.56 Å². The Kier molecular flexibility index (Phi) is 6.53. The molecule has 0 saturated heterocycles. The number of hydrogen-bond donors (Lipinski definition) is 3. The molecule has 0 fully saturated rings. The summed E-state index contributed by atoms with van der Waals surface area (Å²) in [5.74, 6) is 0.325. The van der Waals surface area contributed by atoms with Crippen LogP contribution in [0.3, 0.4) is 0 Å². The van der Waals surface area contributed by atoms with E-state index in [9.17, 15) is 9.90 Å². The van der Waals surface area contributed by atoms with Crippen LogP contribution in [0.2, 0.25) is 0 Å². The molecule has 5 heteroatoms. The average molecular weight is 356 g/mol. The van der Waals surface area contributed by atoms with E-state index in [0.717, 1.165) is 12.0 Å². The van der Waals surface area contributed by atoms with E-state index in [0.29, 0.717) is 11.6 Å². The van der Waals surface area contributed by atoms with Gasteiger partial charge in [0, 0.05) is 5.69 Å². The van der Waals surface area contributed by atoms with E-state index < -0.39 is 0 Å². The predicted molar refractivity (Wildman–Crippen MR) is 106 cm³/mol. The van der Waals surface area contributed by atoms with Gasteiger partial charge in [0.25, 0.3) is 0 Å². The lowest BCUT2D eigenvalue weighted by Gasteiger charge is -2.15. The first-order chi connectivity index (χ1) is 11.8. The van der Waals surface area contributed by atoms with Gasteiger partial charge >= 0.3 is 0 Å². The van der Waals surface area contributed by atoms with Crippen molar-refractivity contribution >= 4 is 28.9 Å². The topological polar surface area (TPSA) is 61.4 Å². The largest absolute Gasteiger partial charge is 0.508 e. The van der Waals surface area contributed by atoms with Crippen molar-refractivity contribution in [2.45, 2.75) is 33.1 Å². The van der Waals surface area contributed by atoms with E-state index >= 15 is 0 Å². The zero-order valence-electron chi connectivity index (χ0n) is 14.7. The molecule has 2 rings (SSSR count). The maximum absolute atomic E-state index is 12.4. The van der Waals surface area contributed by atoms with Gasteiger partial charge < -0.3 is 15.7 Å². The number of aromatic hydroxyl groups is 1. The van der Waals surface area contributed by atoms with Crippen LogP contribution in [-0.4, -0.2) is 16.1 Å². The first-order valence-corrected chi connectivity index (χ1v) is 8.75. The summed E-state index contributed by atoms with van der Waals surface area (Å²) in [7, 11) is 0. The number of nitrogens with one attached hydrogen (secondary N) is 2. The molecule has 1 unspecified atom stereocenters. The van der Waals surface area contributed by atoms with Gasteiger partial charge in [0.15, 0.2) is 5.11 Å². The Morgan fingerprint density at radius 2 is 1.64 bits per heavy atom. The number of carbonyl (C=O) groups excluding carboxylic acids is 1. The van der Waals surface area contributed by atoms with E-state index in [1.54, 1.807) is 24.3 Å². The SMILES string of the molecule is CC(C)Cc1ccc(C(C)C(=O)NC(=S)Nc2ccc(O)cc2)cc1. The zero-order chi connectivity index (χ0) is 18.4. The van der Waals surface area contributed by atoms with Gasteiger partial charge in [-0.25, -0.2) is 0 Å². The Hall–Kier alpha value is -2.40. The molecule has 0 heterocycles. The molecule has 25 heavy (non-hydrogen) atoms. The van der Waals surface area contributed by atoms with E-state index in [4.69, 9.17) is 12.2 Å². The number of anilines is 1. The number of benzene rings is 2. The minimum Gasteiger partial charge on any atom is -0.508 e. The molecule has 1 amide bonds. The summed E-state index contributed by atoms with van der Waals surface area (Å²) >= 11 is 5.18. The van der Waals surface area contributed by atoms with Crippen LogP contribution in [0, 0.1) is 5.92 Å². The van der Waals surface area contributed by atoms with Crippen LogP contribution in [0.15, 0.2) is 48.5 Å². The van der Waals surface area contributed by atoms with Crippen LogP contribution in [0.1, 0.15) is 37.8 Å². The number of carbonyl (C=O) groups is 1. The number of thiocarbonyl (C=S) groups is 1. The molecule has 1 atom stereocenters. The summed E-state index contributed by atoms with van der Waals surface area (Å²) in [5.41, 5.74) is 2.93. The standard InChI is InChI=1S/C20H24N2O2S/c1-13(2)12-15-4-6-16(7-5-15)14(3)19(24)22-20(25)21-17-8-10-18(23)11-9-17/h4-11,13-14,23H,12H2,1-3H3,(H2,21,22,24,25). The number of rotatable bonds is 5. The highest BCUT2D eigenvalue weighted by atomic mass is 32.1. The molecule has 4 nitrogen and oxygen atoms in total. The highest BCUT2D eigenvalue weighted by molar-refractivity contribution is 7.80. The second-order valence-corrected chi connectivity index (χ2v) is 6.96. The first kappa shape index (κ1) is 18.9. The van der Waals surface area contributed by atoms with E-state index in [2.05, 4.69) is 36.6 Å². The summed E-state index contributed by atoms with van der Waals surface area (Å²) in [6.45, 7) is 6.23. The molecule has 2 aromatic carbocycles. The first-order valence-electron chi connectivity index (χ1n) is 8.35. The van der Waals surface area contributed by atoms with Crippen LogP contribution < -0.4 is 10.6 Å². The Balaban J connectivity index is 1.92. The van der Waals surface area contributed by atoms with Gasteiger partial charge in [-0.2, -0.15) is 0 Å². The summed E-state index contributed by atoms with van der Waals surface area (Å²) in [5, 5.41) is 15.1. The molecule has 3 N–H and O–H groups in total. The van der Waals surface area contributed by atoms with Crippen molar-refractivity contribution in [1.82, 2.24) is 5.32 Å². The van der Waals surface area contributed by atoms with Gasteiger partial charge in [-0.15, -0.1) is 0 Å². The van der Waals surface area contributed by atoms with Crippen molar-refractivity contribution < 1.29 is 9.90 Å². The lowest BCUT2D eigenvalue weighted by atomic mass is 9.96. The molecule has 0 bridgehead atoms. The van der Waals surface area contributed by atoms with Gasteiger partial charge in [0.05, 0.1) is 5.92 Å². The summed E-state index contributed by atoms with van der Waals surface area (Å²) in [6.07, 6.45) is 1.03. The molecule has 0 aliphatic carbocycles. The van der Waals surface area contributed by atoms with Crippen molar-refractivity contribution in [1.29, 1.82) is 0 Å². The lowest BCUT2D eigenvalue weighted by Crippen LogP contribution is -2.36. The Morgan fingerprint density at radius 1 is 1.04 bits per heavy atom. The molecule has 0 spiro atoms. The van der Waals surface area contributed by atoms with Crippen molar-refractivity contribution in [3.05, 3.63) is 59.7 Å². The smallest absolute Gasteiger partial charge is 0.233 e. The van der Waals surface area contributed by atoms with E-state index in [-0.39, 0.29) is 22.7 Å². The molecule has 132 valence electrons. The Labute approximate surface area is 154 Å². The third kappa shape index (κ3) is 5.87. The minimum absolute atomic E-state index is 0.159. The summed E-state index contributed by atoms with van der Waals surface area (Å²) in [6, 6.07) is 14.6. The summed E-state index contributed by atoms with van der Waals surface area (Å²) in [4.78, 5) is 12.4. The van der Waals surface area contributed by atoms with Gasteiger partial charge in [0.2, 0.25) is 5.91 Å². The molecule has 0 aromatic heterocycles. The highest BCUT2D eigenvalue weighted by Crippen LogP contribution is 2.18. The zero-order valence-corrected chi connectivity index (χ0v) is 15.6. The van der Waals surface area contributed by atoms with Crippen LogP contribution in [0.5, 0.6) is 5.75 Å². The quantitative estimate of drug-likeness (QED) is 0.555. The van der Waals surface area contributed by atoms with Gasteiger partial charge in [0.1, 0.15) is 5.75 Å². The predicted octanol–water partition coefficient (Wildman–Crippen LogP) is 4.21. The van der Waals surface area contributed by atoms with Crippen LogP contribution in [0.25, 0.3) is 0 Å². The van der Waals surface area contributed by atoms with Crippen LogP contribution in [0.4, 0.5) is 5.69 Å². The second-order valence-electron chi connectivity index (χ2n) is 6.55. The highest BCUT2D eigenvalue weighted by Gasteiger charge is 2.16. The third-order valence-corrected chi connectivity index (χ3v) is 4.08. The number of phenols is 1. The number of phenolic OH excluding ortho intramolecular Hbond substituents is 1. The molecule has 2 aromatic rings. The van der Waals surface area contributed by atoms with Crippen molar-refractivity contribution in [2.75, 3.05) is 5.32 Å². The molecule has 0 aliphatic rings. The average Bonchev–Trinajstić information content (AvgIpc) is 2.56. The molecule has 0 aliphatic heterocycles. The van der Waals surface area contributed by atoms with Crippen molar-refractivity contribution in [3.8, 4) is 5.75 Å². The Bertz CT molecular complexity index is 724. The normalized spacial score (nSPS) is 11.8. The van der Waals surface area contributed by atoms with Crippen LogP contribution >= 0.6 is 12.2 Å². The van der Waals surface area contributed by atoms with Crippen molar-refractivity contribution in [3.63, 3.8) is 0 Å². The van der Waals surface area contributed by atoms with E-state index in [1.807, 2.05) is 19.1 Å². The van der Waals surface area contributed by atoms with Gasteiger partial charge in [-0.05, 0) is 66.9 Å². The molecule has 0 saturated carbocycles. The maximum Gasteiger partial charge on any atom is 0.233 e. The lowest BCUT2D eigenvalue weighted by molar-refractivity contribution is -0.120. The second kappa shape index (κ2) is 8.62. The fourth-order valence-corrected chi connectivity index (χ4v) is 2.71. The number of hydrogen-bond acceptors (Lipinski definition) is 3. The third-order valence-electron chi connectivity index (χ3n) is 3.88. The van der Waals surface area contributed by atoms with Gasteiger partial charge in [-0.1, -0.05) is 38.1 Å². The van der Waals surface area contributed by atoms with Gasteiger partial charge in [-0.3, -0.25) is 4.79 Å². The minimum atomic E-state index is -0.298. The van der Waals surface area contributed by atoms with Crippen LogP contribution in [-0.2, 0) is 11.2 Å². The fourth-order valence-electron chi connectivity index (χ4n) is 2.49. The molecule has 0 radical (unpaired) electrons. The fraction of sp³-hybridized carbons (Fsp3) is 0.300. The Morgan fingerprint density at radius 3 is 2.20 bits per heavy atom. The molecular weight excluding hydrogens is 332 g/mol. The summed E-state index contributed by atoms with van der Waals surface area (Å²) < 4.78 is 0. The van der Waals surface area contributed by atoms with Crippen molar-refractivity contribution in [2.24, 2.45) is 5.92 Å². The molecular formula is C20H24N2O2S.